The van der Waals surface area contributed by atoms with E-state index in [0.29, 0.717) is 22.9 Å². The lowest BCUT2D eigenvalue weighted by molar-refractivity contribution is 0.522. The highest BCUT2D eigenvalue weighted by molar-refractivity contribution is 7.91. The molecule has 4 N–H and O–H groups in total. The van der Waals surface area contributed by atoms with E-state index < -0.39 is 33.1 Å². The summed E-state index contributed by atoms with van der Waals surface area (Å²) in [6.07, 6.45) is 6.46. The molecule has 1 atom stereocenters. The summed E-state index contributed by atoms with van der Waals surface area (Å²) in [5, 5.41) is 3.55. The highest BCUT2D eigenvalue weighted by Gasteiger charge is 2.26. The van der Waals surface area contributed by atoms with E-state index in [4.69, 9.17) is 22.3 Å². The van der Waals surface area contributed by atoms with E-state index in [0.717, 1.165) is 42.7 Å². The van der Waals surface area contributed by atoms with Gasteiger partial charge in [-0.2, -0.15) is 0 Å². The van der Waals surface area contributed by atoms with Crippen LogP contribution in [-0.4, -0.2) is 35.9 Å². The molecular weight excluding hydrogens is 570 g/mol. The first kappa shape index (κ1) is 29.0. The Bertz CT molecular complexity index is 1770. The number of nitrogens with zero attached hydrogens (tertiary/aromatic N) is 3. The molecule has 0 amide bonds. The van der Waals surface area contributed by atoms with Gasteiger partial charge in [0.1, 0.15) is 34.5 Å². The summed E-state index contributed by atoms with van der Waals surface area (Å²) < 4.78 is 60.5. The number of hydrogen-bond donors (Lipinski definition) is 3. The molecule has 0 fully saturated rings. The van der Waals surface area contributed by atoms with Gasteiger partial charge >= 0.3 is 0 Å². The van der Waals surface area contributed by atoms with Gasteiger partial charge < -0.3 is 11.1 Å². The van der Waals surface area contributed by atoms with Crippen LogP contribution in [0.25, 0.3) is 22.3 Å². The lowest BCUT2D eigenvalue weighted by Gasteiger charge is -2.22. The average molecular weight is 601 g/mol. The van der Waals surface area contributed by atoms with Crippen molar-refractivity contribution < 1.29 is 17.2 Å². The molecule has 4 aromatic rings. The van der Waals surface area contributed by atoms with Gasteiger partial charge in [0, 0.05) is 28.6 Å². The molecule has 5 rings (SSSR count). The molecule has 41 heavy (non-hydrogen) atoms. The number of sulfonamides is 1. The maximum atomic E-state index is 15.6. The first-order chi connectivity index (χ1) is 19.5. The second-order valence-electron chi connectivity index (χ2n) is 10.4. The van der Waals surface area contributed by atoms with E-state index in [1.807, 2.05) is 25.3 Å². The number of benzene rings is 2. The molecule has 0 bridgehead atoms. The Morgan fingerprint density at radius 2 is 1.95 bits per heavy atom. The van der Waals surface area contributed by atoms with E-state index in [1.54, 1.807) is 30.5 Å². The molecular formula is C29H31ClF2N6O2S. The van der Waals surface area contributed by atoms with Crippen LogP contribution in [0.15, 0.2) is 48.7 Å². The molecule has 0 saturated heterocycles. The van der Waals surface area contributed by atoms with Gasteiger partial charge in [0.2, 0.25) is 10.0 Å². The standard InChI is InChI=1S/C29H31ClF2N6O2S/c1-16(2)29-36-26(27-28(33)35-14-25(38(27)29)17-8-10-19(34-3)11-9-17)20-12-23(32)24(13-22(20)31)37-41(39,40)15-18-6-4-5-7-21(18)30/h4-8,12-14,16,19,34,37H,9-11,15H2,1-3H3,(H2,33,35). The Balaban J connectivity index is 1.57. The number of allylic oxidation sites excluding steroid dienone is 1. The van der Waals surface area contributed by atoms with Crippen LogP contribution in [0.3, 0.4) is 0 Å². The van der Waals surface area contributed by atoms with Gasteiger partial charge in [-0.3, -0.25) is 9.12 Å². The van der Waals surface area contributed by atoms with Crippen molar-refractivity contribution in [2.45, 2.75) is 50.8 Å². The maximum absolute atomic E-state index is 15.6. The van der Waals surface area contributed by atoms with Crippen molar-refractivity contribution in [1.82, 2.24) is 19.7 Å². The number of hydrogen-bond acceptors (Lipinski definition) is 6. The van der Waals surface area contributed by atoms with Crippen LogP contribution in [-0.2, 0) is 15.8 Å². The van der Waals surface area contributed by atoms with Crippen LogP contribution in [0.1, 0.15) is 56.1 Å². The summed E-state index contributed by atoms with van der Waals surface area (Å²) >= 11 is 6.08. The zero-order chi connectivity index (χ0) is 29.5. The molecule has 1 aliphatic carbocycles. The molecule has 0 saturated carbocycles. The van der Waals surface area contributed by atoms with Crippen LogP contribution < -0.4 is 15.8 Å². The number of nitrogens with two attached hydrogens (primary N) is 1. The van der Waals surface area contributed by atoms with Crippen LogP contribution >= 0.6 is 11.6 Å². The van der Waals surface area contributed by atoms with E-state index in [1.165, 1.54) is 0 Å². The fourth-order valence-corrected chi connectivity index (χ4v) is 6.63. The minimum Gasteiger partial charge on any atom is -0.382 e. The van der Waals surface area contributed by atoms with E-state index in [9.17, 15) is 8.42 Å². The Morgan fingerprint density at radius 3 is 2.61 bits per heavy atom. The smallest absolute Gasteiger partial charge is 0.237 e. The summed E-state index contributed by atoms with van der Waals surface area (Å²) in [6.45, 7) is 3.91. The van der Waals surface area contributed by atoms with Gasteiger partial charge in [0.25, 0.3) is 0 Å². The topological polar surface area (TPSA) is 114 Å². The van der Waals surface area contributed by atoms with Crippen molar-refractivity contribution in [1.29, 1.82) is 0 Å². The van der Waals surface area contributed by atoms with E-state index in [2.05, 4.69) is 21.1 Å². The third kappa shape index (κ3) is 5.79. The molecule has 0 radical (unpaired) electrons. The van der Waals surface area contributed by atoms with Crippen molar-refractivity contribution in [2.24, 2.45) is 0 Å². The second-order valence-corrected chi connectivity index (χ2v) is 12.6. The zero-order valence-corrected chi connectivity index (χ0v) is 24.5. The molecule has 216 valence electrons. The third-order valence-corrected chi connectivity index (χ3v) is 8.85. The number of anilines is 2. The van der Waals surface area contributed by atoms with E-state index >= 15 is 8.78 Å². The number of rotatable bonds is 8. The molecule has 1 aliphatic rings. The van der Waals surface area contributed by atoms with Gasteiger partial charge in [-0.25, -0.2) is 27.2 Å². The largest absolute Gasteiger partial charge is 0.382 e. The molecule has 2 heterocycles. The lowest BCUT2D eigenvalue weighted by Crippen LogP contribution is -2.26. The first-order valence-corrected chi connectivity index (χ1v) is 15.3. The summed E-state index contributed by atoms with van der Waals surface area (Å²) in [5.74, 6) is -1.66. The van der Waals surface area contributed by atoms with Gasteiger partial charge in [-0.05, 0) is 49.6 Å². The Hall–Kier alpha value is -3.54. The summed E-state index contributed by atoms with van der Waals surface area (Å²) in [7, 11) is -2.16. The lowest BCUT2D eigenvalue weighted by atomic mass is 9.93. The third-order valence-electron chi connectivity index (χ3n) is 7.26. The van der Waals surface area contributed by atoms with Crippen LogP contribution in [0.5, 0.6) is 0 Å². The SMILES string of the molecule is CNC1CC=C(c2cnc(N)c3c(-c4cc(F)c(NS(=O)(=O)Cc5ccccc5Cl)cc4F)nc(C(C)C)n23)CC1. The predicted octanol–water partition coefficient (Wildman–Crippen LogP) is 6.13. The van der Waals surface area contributed by atoms with Gasteiger partial charge in [0.15, 0.2) is 0 Å². The van der Waals surface area contributed by atoms with Crippen molar-refractivity contribution in [3.8, 4) is 11.3 Å². The van der Waals surface area contributed by atoms with Gasteiger partial charge in [-0.1, -0.05) is 49.7 Å². The van der Waals surface area contributed by atoms with Crippen LogP contribution in [0.4, 0.5) is 20.3 Å². The van der Waals surface area contributed by atoms with Crippen molar-refractivity contribution in [3.63, 3.8) is 0 Å². The molecule has 1 unspecified atom stereocenters. The van der Waals surface area contributed by atoms with Crippen molar-refractivity contribution in [2.75, 3.05) is 17.5 Å². The average Bonchev–Trinajstić information content (AvgIpc) is 3.34. The Labute approximate surface area is 242 Å². The maximum Gasteiger partial charge on any atom is 0.237 e. The quantitative estimate of drug-likeness (QED) is 0.224. The van der Waals surface area contributed by atoms with Gasteiger partial charge in [-0.15, -0.1) is 0 Å². The highest BCUT2D eigenvalue weighted by atomic mass is 35.5. The van der Waals surface area contributed by atoms with E-state index in [-0.39, 0.29) is 28.0 Å². The minimum absolute atomic E-state index is 0.0742. The Morgan fingerprint density at radius 1 is 1.20 bits per heavy atom. The highest BCUT2D eigenvalue weighted by Crippen LogP contribution is 2.37. The van der Waals surface area contributed by atoms with Gasteiger partial charge in [0.05, 0.1) is 23.3 Å². The fraction of sp³-hybridized carbons (Fsp3) is 0.310. The monoisotopic (exact) mass is 600 g/mol. The number of nitrogen functional groups attached to an aromatic ring is 1. The summed E-state index contributed by atoms with van der Waals surface area (Å²) in [4.78, 5) is 9.11. The normalized spacial score (nSPS) is 15.9. The molecule has 8 nitrogen and oxygen atoms in total. The Kier molecular flexibility index (Phi) is 8.04. The second kappa shape index (κ2) is 11.4. The number of halogens is 3. The number of nitrogens with one attached hydrogen (secondary N) is 2. The number of imidazole rings is 1. The van der Waals surface area contributed by atoms with Crippen LogP contribution in [0.2, 0.25) is 5.02 Å². The summed E-state index contributed by atoms with van der Waals surface area (Å²) in [5.41, 5.74) is 8.35. The number of fused-ring (bicyclic) bond motifs is 1. The molecule has 2 aromatic carbocycles. The van der Waals surface area contributed by atoms with Crippen molar-refractivity contribution >= 4 is 44.2 Å². The minimum atomic E-state index is -4.10. The summed E-state index contributed by atoms with van der Waals surface area (Å²) in [6, 6.07) is 8.53. The molecule has 0 aliphatic heterocycles. The zero-order valence-electron chi connectivity index (χ0n) is 22.9. The van der Waals surface area contributed by atoms with Crippen LogP contribution in [0, 0.1) is 11.6 Å². The predicted molar refractivity (Wildman–Crippen MR) is 159 cm³/mol. The van der Waals surface area contributed by atoms with Crippen molar-refractivity contribution in [3.05, 3.63) is 82.4 Å². The molecule has 0 spiro atoms. The first-order valence-electron chi connectivity index (χ1n) is 13.3. The fourth-order valence-electron chi connectivity index (χ4n) is 5.13. The molecule has 12 heteroatoms. The number of aromatic nitrogens is 3. The molecule has 2 aromatic heterocycles.